The molecule has 0 atom stereocenters. The topological polar surface area (TPSA) is 41.6 Å². The van der Waals surface area contributed by atoms with Gasteiger partial charge in [-0.15, -0.1) is 0 Å². The van der Waals surface area contributed by atoms with Crippen LogP contribution in [0.15, 0.2) is 24.3 Å². The minimum Gasteiger partial charge on any atom is -0.450 e. The summed E-state index contributed by atoms with van der Waals surface area (Å²) in [6.07, 6.45) is -0.399. The molecular formula is C14H22N2O2. The van der Waals surface area contributed by atoms with E-state index in [4.69, 9.17) is 4.74 Å². The second kappa shape index (κ2) is 7.71. The summed E-state index contributed by atoms with van der Waals surface area (Å²) in [5.74, 6) is 0. The summed E-state index contributed by atoms with van der Waals surface area (Å²) in [6.45, 7) is 9.24. The van der Waals surface area contributed by atoms with Gasteiger partial charge in [0.1, 0.15) is 0 Å². The van der Waals surface area contributed by atoms with Crippen LogP contribution >= 0.6 is 0 Å². The fourth-order valence-corrected chi connectivity index (χ4v) is 1.75. The van der Waals surface area contributed by atoms with Gasteiger partial charge in [0.25, 0.3) is 0 Å². The maximum absolute atomic E-state index is 11.4. The molecular weight excluding hydrogens is 228 g/mol. The standard InChI is InChI=1S/C14H22N2O2/c1-4-16(5-2)11-12-9-7-8-10-13(12)15-14(17)18-6-3/h7-10H,4-6,11H2,1-3H3,(H,15,17). The average molecular weight is 250 g/mol. The van der Waals surface area contributed by atoms with Crippen molar-refractivity contribution in [3.8, 4) is 0 Å². The van der Waals surface area contributed by atoms with Crippen molar-refractivity contribution in [2.45, 2.75) is 27.3 Å². The lowest BCUT2D eigenvalue weighted by Crippen LogP contribution is -2.23. The normalized spacial score (nSPS) is 10.4. The van der Waals surface area contributed by atoms with Crippen molar-refractivity contribution in [2.24, 2.45) is 0 Å². The van der Waals surface area contributed by atoms with E-state index >= 15 is 0 Å². The number of benzene rings is 1. The molecule has 0 spiro atoms. The van der Waals surface area contributed by atoms with Gasteiger partial charge in [-0.3, -0.25) is 10.2 Å². The van der Waals surface area contributed by atoms with Crippen LogP contribution in [0.2, 0.25) is 0 Å². The number of amides is 1. The third-order valence-corrected chi connectivity index (χ3v) is 2.82. The first-order chi connectivity index (χ1) is 8.71. The third-order valence-electron chi connectivity index (χ3n) is 2.82. The Hall–Kier alpha value is -1.55. The van der Waals surface area contributed by atoms with E-state index in [9.17, 15) is 4.79 Å². The predicted molar refractivity (Wildman–Crippen MR) is 73.7 cm³/mol. The van der Waals surface area contributed by atoms with Crippen molar-refractivity contribution in [2.75, 3.05) is 25.0 Å². The van der Waals surface area contributed by atoms with Gasteiger partial charge in [0, 0.05) is 12.2 Å². The first kappa shape index (κ1) is 14.5. The van der Waals surface area contributed by atoms with E-state index in [1.165, 1.54) is 0 Å². The zero-order valence-corrected chi connectivity index (χ0v) is 11.4. The van der Waals surface area contributed by atoms with Crippen LogP contribution < -0.4 is 5.32 Å². The minimum atomic E-state index is -0.399. The molecule has 0 aliphatic heterocycles. The zero-order chi connectivity index (χ0) is 13.4. The Kier molecular flexibility index (Phi) is 6.22. The summed E-state index contributed by atoms with van der Waals surface area (Å²) in [4.78, 5) is 13.7. The molecule has 0 aromatic heterocycles. The lowest BCUT2D eigenvalue weighted by atomic mass is 10.1. The maximum Gasteiger partial charge on any atom is 0.411 e. The summed E-state index contributed by atoms with van der Waals surface area (Å²) in [5, 5.41) is 2.78. The number of nitrogens with one attached hydrogen (secondary N) is 1. The molecule has 0 aliphatic carbocycles. The van der Waals surface area contributed by atoms with Crippen molar-refractivity contribution >= 4 is 11.8 Å². The molecule has 0 saturated carbocycles. The molecule has 1 rings (SSSR count). The fourth-order valence-electron chi connectivity index (χ4n) is 1.75. The molecule has 0 unspecified atom stereocenters. The monoisotopic (exact) mass is 250 g/mol. The van der Waals surface area contributed by atoms with Crippen LogP contribution in [-0.2, 0) is 11.3 Å². The van der Waals surface area contributed by atoms with E-state index in [1.54, 1.807) is 6.92 Å². The van der Waals surface area contributed by atoms with Crippen LogP contribution in [0.1, 0.15) is 26.3 Å². The number of ether oxygens (including phenoxy) is 1. The van der Waals surface area contributed by atoms with E-state index in [0.29, 0.717) is 6.61 Å². The Bertz CT molecular complexity index is 376. The number of para-hydroxylation sites is 1. The lowest BCUT2D eigenvalue weighted by molar-refractivity contribution is 0.168. The molecule has 1 N–H and O–H groups in total. The van der Waals surface area contributed by atoms with Crippen molar-refractivity contribution in [3.63, 3.8) is 0 Å². The number of hydrogen-bond donors (Lipinski definition) is 1. The Morgan fingerprint density at radius 1 is 1.22 bits per heavy atom. The van der Waals surface area contributed by atoms with Crippen LogP contribution in [0, 0.1) is 0 Å². The van der Waals surface area contributed by atoms with Gasteiger partial charge in [-0.1, -0.05) is 32.0 Å². The molecule has 0 fully saturated rings. The molecule has 0 saturated heterocycles. The SMILES string of the molecule is CCOC(=O)Nc1ccccc1CN(CC)CC. The van der Waals surface area contributed by atoms with Gasteiger partial charge < -0.3 is 4.74 Å². The van der Waals surface area contributed by atoms with Crippen LogP contribution in [0.25, 0.3) is 0 Å². The summed E-state index contributed by atoms with van der Waals surface area (Å²) in [7, 11) is 0. The molecule has 100 valence electrons. The molecule has 18 heavy (non-hydrogen) atoms. The van der Waals surface area contributed by atoms with Crippen molar-refractivity contribution in [1.29, 1.82) is 0 Å². The molecule has 0 aliphatic rings. The lowest BCUT2D eigenvalue weighted by Gasteiger charge is -2.20. The quantitative estimate of drug-likeness (QED) is 0.843. The molecule has 1 aromatic rings. The smallest absolute Gasteiger partial charge is 0.411 e. The molecule has 4 nitrogen and oxygen atoms in total. The Balaban J connectivity index is 2.75. The van der Waals surface area contributed by atoms with E-state index < -0.39 is 6.09 Å². The first-order valence-electron chi connectivity index (χ1n) is 6.45. The summed E-state index contributed by atoms with van der Waals surface area (Å²) >= 11 is 0. The number of nitrogens with zero attached hydrogens (tertiary/aromatic N) is 1. The molecule has 0 heterocycles. The van der Waals surface area contributed by atoms with Gasteiger partial charge in [0.2, 0.25) is 0 Å². The first-order valence-corrected chi connectivity index (χ1v) is 6.45. The van der Waals surface area contributed by atoms with Crippen LogP contribution in [-0.4, -0.2) is 30.7 Å². The van der Waals surface area contributed by atoms with E-state index in [-0.39, 0.29) is 0 Å². The summed E-state index contributed by atoms with van der Waals surface area (Å²) in [6, 6.07) is 7.82. The van der Waals surface area contributed by atoms with Gasteiger partial charge in [0.15, 0.2) is 0 Å². The Morgan fingerprint density at radius 2 is 1.89 bits per heavy atom. The van der Waals surface area contributed by atoms with Crippen molar-refractivity contribution in [3.05, 3.63) is 29.8 Å². The number of carbonyl (C=O) groups excluding carboxylic acids is 1. The third kappa shape index (κ3) is 4.37. The predicted octanol–water partition coefficient (Wildman–Crippen LogP) is 3.10. The molecule has 0 radical (unpaired) electrons. The average Bonchev–Trinajstić information content (AvgIpc) is 2.38. The highest BCUT2D eigenvalue weighted by molar-refractivity contribution is 5.85. The van der Waals surface area contributed by atoms with Gasteiger partial charge >= 0.3 is 6.09 Å². The van der Waals surface area contributed by atoms with Crippen LogP contribution in [0.4, 0.5) is 10.5 Å². The second-order valence-electron chi connectivity index (χ2n) is 3.96. The number of rotatable bonds is 6. The molecule has 0 bridgehead atoms. The zero-order valence-electron chi connectivity index (χ0n) is 11.4. The van der Waals surface area contributed by atoms with Crippen LogP contribution in [0.3, 0.4) is 0 Å². The van der Waals surface area contributed by atoms with Crippen molar-refractivity contribution in [1.82, 2.24) is 4.90 Å². The number of anilines is 1. The molecule has 1 amide bonds. The molecule has 4 heteroatoms. The van der Waals surface area contributed by atoms with Gasteiger partial charge in [0.05, 0.1) is 6.61 Å². The van der Waals surface area contributed by atoms with E-state index in [1.807, 2.05) is 24.3 Å². The second-order valence-corrected chi connectivity index (χ2v) is 3.96. The van der Waals surface area contributed by atoms with Gasteiger partial charge in [-0.25, -0.2) is 4.79 Å². The Labute approximate surface area is 109 Å². The minimum absolute atomic E-state index is 0.379. The fraction of sp³-hybridized carbons (Fsp3) is 0.500. The highest BCUT2D eigenvalue weighted by atomic mass is 16.5. The highest BCUT2D eigenvalue weighted by Crippen LogP contribution is 2.17. The summed E-state index contributed by atoms with van der Waals surface area (Å²) in [5.41, 5.74) is 1.93. The Morgan fingerprint density at radius 3 is 2.50 bits per heavy atom. The maximum atomic E-state index is 11.4. The number of carbonyl (C=O) groups is 1. The number of hydrogen-bond acceptors (Lipinski definition) is 3. The largest absolute Gasteiger partial charge is 0.450 e. The van der Waals surface area contributed by atoms with Crippen LogP contribution in [0.5, 0.6) is 0 Å². The summed E-state index contributed by atoms with van der Waals surface area (Å²) < 4.78 is 4.89. The van der Waals surface area contributed by atoms with E-state index in [2.05, 4.69) is 24.1 Å². The highest BCUT2D eigenvalue weighted by Gasteiger charge is 2.08. The van der Waals surface area contributed by atoms with Gasteiger partial charge in [-0.2, -0.15) is 0 Å². The van der Waals surface area contributed by atoms with E-state index in [0.717, 1.165) is 30.9 Å². The molecule has 1 aromatic carbocycles. The van der Waals surface area contributed by atoms with Crippen molar-refractivity contribution < 1.29 is 9.53 Å². The van der Waals surface area contributed by atoms with Gasteiger partial charge in [-0.05, 0) is 31.6 Å².